The van der Waals surface area contributed by atoms with Gasteiger partial charge in [-0.15, -0.1) is 20.4 Å². The van der Waals surface area contributed by atoms with Crippen LogP contribution in [0.3, 0.4) is 0 Å². The topological polar surface area (TPSA) is 149 Å². The van der Waals surface area contributed by atoms with Gasteiger partial charge in [-0.2, -0.15) is 8.78 Å². The van der Waals surface area contributed by atoms with E-state index >= 15 is 0 Å². The zero-order valence-electron chi connectivity index (χ0n) is 21.1. The maximum Gasteiger partial charge on any atom is 0.369 e. The number of aryl methyl sites for hydroxylation is 1. The molecule has 0 saturated heterocycles. The van der Waals surface area contributed by atoms with Crippen LogP contribution in [0.4, 0.5) is 25.3 Å². The number of esters is 2. The molecule has 0 bridgehead atoms. The summed E-state index contributed by atoms with van der Waals surface area (Å²) in [6, 6.07) is 3.02. The Morgan fingerprint density at radius 3 is 2.53 bits per heavy atom. The predicted molar refractivity (Wildman–Crippen MR) is 136 cm³/mol. The molecule has 3 rings (SSSR count). The summed E-state index contributed by atoms with van der Waals surface area (Å²) in [4.78, 5) is 24.5. The Hall–Kier alpha value is -3.07. The van der Waals surface area contributed by atoms with Crippen molar-refractivity contribution in [3.05, 3.63) is 28.3 Å². The summed E-state index contributed by atoms with van der Waals surface area (Å²) >= 11 is 0.803. The molecular weight excluding hydrogens is 544 g/mol. The van der Waals surface area contributed by atoms with E-state index in [0.717, 1.165) is 35.3 Å². The van der Waals surface area contributed by atoms with Crippen LogP contribution in [0.1, 0.15) is 61.0 Å². The van der Waals surface area contributed by atoms with E-state index in [-0.39, 0.29) is 52.5 Å². The SMILES string of the molecule is CCCC1Cc2cc(NS(=O)(=O)C(F)F)c(N=Nc3nnc(C(=O)OCC)s3)cc2CCC1C(=O)OCC. The molecule has 1 aromatic heterocycles. The summed E-state index contributed by atoms with van der Waals surface area (Å²) in [7, 11) is -5.01. The number of carbonyl (C=O) groups is 2. The van der Waals surface area contributed by atoms with Crippen LogP contribution in [0.15, 0.2) is 22.4 Å². The fourth-order valence-electron chi connectivity index (χ4n) is 4.29. The van der Waals surface area contributed by atoms with E-state index in [1.54, 1.807) is 19.9 Å². The van der Waals surface area contributed by atoms with Crippen molar-refractivity contribution in [3.8, 4) is 0 Å². The lowest BCUT2D eigenvalue weighted by atomic mass is 9.83. The fraction of sp³-hybridized carbons (Fsp3) is 0.565. The average molecular weight is 574 g/mol. The second-order valence-corrected chi connectivity index (χ2v) is 11.1. The number of halogens is 2. The van der Waals surface area contributed by atoms with Crippen LogP contribution in [0.5, 0.6) is 0 Å². The zero-order valence-corrected chi connectivity index (χ0v) is 22.8. The van der Waals surface area contributed by atoms with Crippen molar-refractivity contribution in [1.82, 2.24) is 10.2 Å². The molecule has 1 aliphatic carbocycles. The molecule has 1 aromatic carbocycles. The summed E-state index contributed by atoms with van der Waals surface area (Å²) in [6.45, 7) is 5.78. The monoisotopic (exact) mass is 573 g/mol. The number of carbonyl (C=O) groups excluding carboxylic acids is 2. The van der Waals surface area contributed by atoms with Gasteiger partial charge in [-0.3, -0.25) is 9.52 Å². The summed E-state index contributed by atoms with van der Waals surface area (Å²) in [5, 5.41) is 15.3. The molecule has 0 radical (unpaired) electrons. The maximum absolute atomic E-state index is 13.2. The lowest BCUT2D eigenvalue weighted by molar-refractivity contribution is -0.150. The number of hydrogen-bond donors (Lipinski definition) is 1. The minimum Gasteiger partial charge on any atom is -0.466 e. The zero-order chi connectivity index (χ0) is 27.9. The second kappa shape index (κ2) is 13.1. The molecule has 2 unspecified atom stereocenters. The smallest absolute Gasteiger partial charge is 0.369 e. The molecule has 0 amide bonds. The number of nitrogens with zero attached hydrogens (tertiary/aromatic N) is 4. The summed E-state index contributed by atoms with van der Waals surface area (Å²) in [5.74, 6) is -5.04. The van der Waals surface area contributed by atoms with E-state index in [9.17, 15) is 26.8 Å². The molecule has 1 aliphatic rings. The van der Waals surface area contributed by atoms with Crippen molar-refractivity contribution in [2.24, 2.45) is 22.1 Å². The number of benzene rings is 1. The van der Waals surface area contributed by atoms with E-state index < -0.39 is 21.8 Å². The van der Waals surface area contributed by atoms with E-state index in [1.807, 2.05) is 11.6 Å². The van der Waals surface area contributed by atoms with Crippen LogP contribution in [0, 0.1) is 11.8 Å². The maximum atomic E-state index is 13.2. The third kappa shape index (κ3) is 7.28. The molecule has 0 saturated carbocycles. The number of azo groups is 1. The highest BCUT2D eigenvalue weighted by Crippen LogP contribution is 2.39. The summed E-state index contributed by atoms with van der Waals surface area (Å²) in [6.07, 6.45) is 2.97. The van der Waals surface area contributed by atoms with Crippen molar-refractivity contribution in [3.63, 3.8) is 0 Å². The third-order valence-corrected chi connectivity index (χ3v) is 7.70. The molecule has 38 heavy (non-hydrogen) atoms. The molecule has 1 N–H and O–H groups in total. The Kier molecular flexibility index (Phi) is 10.2. The number of rotatable bonds is 11. The van der Waals surface area contributed by atoms with Gasteiger partial charge >= 0.3 is 17.7 Å². The number of ether oxygens (including phenoxy) is 2. The van der Waals surface area contributed by atoms with Gasteiger partial charge in [-0.05, 0) is 68.7 Å². The van der Waals surface area contributed by atoms with Crippen molar-refractivity contribution in [1.29, 1.82) is 0 Å². The Balaban J connectivity index is 2.00. The first-order chi connectivity index (χ1) is 18.1. The van der Waals surface area contributed by atoms with Crippen LogP contribution in [-0.4, -0.2) is 49.5 Å². The molecule has 11 nitrogen and oxygen atoms in total. The third-order valence-electron chi connectivity index (χ3n) is 5.94. The molecule has 0 spiro atoms. The quantitative estimate of drug-likeness (QED) is 0.220. The van der Waals surface area contributed by atoms with Crippen LogP contribution >= 0.6 is 11.3 Å². The minimum absolute atomic E-state index is 0.0175. The lowest BCUT2D eigenvalue weighted by Crippen LogP contribution is -2.26. The van der Waals surface area contributed by atoms with Gasteiger partial charge in [-0.1, -0.05) is 24.7 Å². The van der Waals surface area contributed by atoms with Crippen molar-refractivity contribution >= 4 is 49.8 Å². The van der Waals surface area contributed by atoms with Gasteiger partial charge in [0.25, 0.3) is 15.2 Å². The van der Waals surface area contributed by atoms with Gasteiger partial charge in [0, 0.05) is 0 Å². The number of anilines is 1. The number of hydrogen-bond acceptors (Lipinski definition) is 11. The molecule has 2 aromatic rings. The highest BCUT2D eigenvalue weighted by atomic mass is 32.2. The molecule has 2 atom stereocenters. The normalized spacial score (nSPS) is 17.7. The number of nitrogens with one attached hydrogen (secondary N) is 1. The van der Waals surface area contributed by atoms with Crippen LogP contribution in [0.25, 0.3) is 0 Å². The van der Waals surface area contributed by atoms with Gasteiger partial charge < -0.3 is 9.47 Å². The molecular formula is C23H29F2N5O6S2. The molecule has 0 aliphatic heterocycles. The van der Waals surface area contributed by atoms with E-state index in [1.165, 1.54) is 6.07 Å². The first kappa shape index (κ1) is 29.5. The van der Waals surface area contributed by atoms with Crippen molar-refractivity contribution in [2.45, 2.75) is 58.6 Å². The Labute approximate surface area is 223 Å². The number of fused-ring (bicyclic) bond motifs is 1. The first-order valence-electron chi connectivity index (χ1n) is 12.1. The molecule has 208 valence electrons. The van der Waals surface area contributed by atoms with E-state index in [2.05, 4.69) is 20.4 Å². The summed E-state index contributed by atoms with van der Waals surface area (Å²) < 4.78 is 62.4. The van der Waals surface area contributed by atoms with Gasteiger partial charge in [0.1, 0.15) is 5.69 Å². The standard InChI is InChI=1S/C23H29F2N5O6S2/c1-4-7-14-10-15-12-18(30-38(33,34)22(24)25)17(11-13(15)8-9-16(14)20(31)35-5-2)26-28-23-29-27-19(37-23)21(32)36-6-3/h11-12,14,16,22,30H,4-10H2,1-3H3. The van der Waals surface area contributed by atoms with E-state index in [4.69, 9.17) is 9.47 Å². The van der Waals surface area contributed by atoms with Gasteiger partial charge in [-0.25, -0.2) is 13.2 Å². The van der Waals surface area contributed by atoms with Crippen LogP contribution < -0.4 is 4.72 Å². The predicted octanol–water partition coefficient (Wildman–Crippen LogP) is 5.18. The second-order valence-electron chi connectivity index (χ2n) is 8.51. The Bertz CT molecular complexity index is 1290. The first-order valence-corrected chi connectivity index (χ1v) is 14.5. The minimum atomic E-state index is -5.01. The molecule has 1 heterocycles. The summed E-state index contributed by atoms with van der Waals surface area (Å²) in [5.41, 5.74) is 1.30. The van der Waals surface area contributed by atoms with Gasteiger partial charge in [0.2, 0.25) is 5.01 Å². The van der Waals surface area contributed by atoms with Crippen LogP contribution in [-0.2, 0) is 37.1 Å². The largest absolute Gasteiger partial charge is 0.466 e. The average Bonchev–Trinajstić information content (AvgIpc) is 3.26. The number of aromatic nitrogens is 2. The number of sulfonamides is 1. The highest BCUT2D eigenvalue weighted by Gasteiger charge is 2.33. The number of alkyl halides is 2. The van der Waals surface area contributed by atoms with Gasteiger partial charge in [0.15, 0.2) is 0 Å². The lowest BCUT2D eigenvalue weighted by Gasteiger charge is -2.23. The van der Waals surface area contributed by atoms with Crippen LogP contribution in [0.2, 0.25) is 0 Å². The van der Waals surface area contributed by atoms with Crippen molar-refractivity contribution in [2.75, 3.05) is 17.9 Å². The van der Waals surface area contributed by atoms with Gasteiger partial charge in [0.05, 0.1) is 24.8 Å². The van der Waals surface area contributed by atoms with Crippen molar-refractivity contribution < 1.29 is 36.3 Å². The molecule has 0 fully saturated rings. The van der Waals surface area contributed by atoms with E-state index in [0.29, 0.717) is 19.3 Å². The Morgan fingerprint density at radius 1 is 1.13 bits per heavy atom. The fourth-order valence-corrected chi connectivity index (χ4v) is 5.41. The molecule has 15 heteroatoms. The Morgan fingerprint density at radius 2 is 1.87 bits per heavy atom. The highest BCUT2D eigenvalue weighted by molar-refractivity contribution is 7.93.